The van der Waals surface area contributed by atoms with Gasteiger partial charge in [0.05, 0.1) is 7.11 Å². The van der Waals surface area contributed by atoms with Gasteiger partial charge in [0, 0.05) is 49.7 Å². The SMILES string of the molecule is COc1ccc(Cl)cc1CN1CCN(C(=O)CCc2ccc(C)cc2)CC1. The molecule has 5 heteroatoms. The summed E-state index contributed by atoms with van der Waals surface area (Å²) < 4.78 is 5.43. The highest BCUT2D eigenvalue weighted by Gasteiger charge is 2.21. The number of methoxy groups -OCH3 is 1. The first-order valence-corrected chi connectivity index (χ1v) is 9.81. The van der Waals surface area contributed by atoms with Crippen LogP contribution in [0.5, 0.6) is 5.75 Å². The maximum absolute atomic E-state index is 12.5. The molecule has 1 fully saturated rings. The zero-order valence-electron chi connectivity index (χ0n) is 16.1. The van der Waals surface area contributed by atoms with Crippen molar-refractivity contribution in [3.63, 3.8) is 0 Å². The average molecular weight is 387 g/mol. The minimum absolute atomic E-state index is 0.246. The number of rotatable bonds is 6. The molecule has 27 heavy (non-hydrogen) atoms. The number of amides is 1. The Kier molecular flexibility index (Phi) is 6.75. The Morgan fingerprint density at radius 2 is 1.78 bits per heavy atom. The van der Waals surface area contributed by atoms with Gasteiger partial charge in [-0.15, -0.1) is 0 Å². The van der Waals surface area contributed by atoms with E-state index < -0.39 is 0 Å². The standard InChI is InChI=1S/C22H27ClN2O2/c1-17-3-5-18(6-4-17)7-10-22(26)25-13-11-24(12-14-25)16-19-15-20(23)8-9-21(19)27-2/h3-6,8-9,15H,7,10-14,16H2,1-2H3. The summed E-state index contributed by atoms with van der Waals surface area (Å²) in [6, 6.07) is 14.1. The Morgan fingerprint density at radius 3 is 2.44 bits per heavy atom. The van der Waals surface area contributed by atoms with Crippen LogP contribution in [0.4, 0.5) is 0 Å². The van der Waals surface area contributed by atoms with Gasteiger partial charge >= 0.3 is 0 Å². The van der Waals surface area contributed by atoms with E-state index in [1.165, 1.54) is 11.1 Å². The zero-order chi connectivity index (χ0) is 19.2. The van der Waals surface area contributed by atoms with E-state index in [4.69, 9.17) is 16.3 Å². The number of halogens is 1. The fourth-order valence-corrected chi connectivity index (χ4v) is 3.63. The summed E-state index contributed by atoms with van der Waals surface area (Å²) in [6.45, 7) is 6.14. The van der Waals surface area contributed by atoms with Crippen LogP contribution in [0, 0.1) is 6.92 Å². The number of ether oxygens (including phenoxy) is 1. The van der Waals surface area contributed by atoms with Crippen molar-refractivity contribution < 1.29 is 9.53 Å². The second-order valence-electron chi connectivity index (χ2n) is 7.10. The molecule has 0 unspecified atom stereocenters. The van der Waals surface area contributed by atoms with Gasteiger partial charge in [-0.3, -0.25) is 9.69 Å². The van der Waals surface area contributed by atoms with Crippen molar-refractivity contribution in [2.75, 3.05) is 33.3 Å². The monoisotopic (exact) mass is 386 g/mol. The van der Waals surface area contributed by atoms with Crippen LogP contribution in [0.25, 0.3) is 0 Å². The first-order valence-electron chi connectivity index (χ1n) is 9.43. The van der Waals surface area contributed by atoms with E-state index in [2.05, 4.69) is 36.1 Å². The molecule has 0 atom stereocenters. The highest BCUT2D eigenvalue weighted by atomic mass is 35.5. The van der Waals surface area contributed by atoms with E-state index in [1.54, 1.807) is 7.11 Å². The van der Waals surface area contributed by atoms with Gasteiger partial charge in [-0.05, 0) is 37.1 Å². The first kappa shape index (κ1) is 19.7. The van der Waals surface area contributed by atoms with Crippen LogP contribution in [0.15, 0.2) is 42.5 Å². The molecule has 0 aromatic heterocycles. The van der Waals surface area contributed by atoms with Crippen LogP contribution in [0.1, 0.15) is 23.1 Å². The number of aryl methyl sites for hydroxylation is 2. The van der Waals surface area contributed by atoms with Gasteiger partial charge in [0.15, 0.2) is 0 Å². The van der Waals surface area contributed by atoms with E-state index in [9.17, 15) is 4.79 Å². The molecule has 1 aliphatic heterocycles. The van der Waals surface area contributed by atoms with E-state index in [0.717, 1.165) is 55.5 Å². The van der Waals surface area contributed by atoms with Gasteiger partial charge in [0.25, 0.3) is 0 Å². The van der Waals surface area contributed by atoms with E-state index >= 15 is 0 Å². The normalized spacial score (nSPS) is 15.0. The van der Waals surface area contributed by atoms with Crippen molar-refractivity contribution in [1.29, 1.82) is 0 Å². The maximum Gasteiger partial charge on any atom is 0.222 e. The lowest BCUT2D eigenvalue weighted by Gasteiger charge is -2.35. The van der Waals surface area contributed by atoms with Gasteiger partial charge in [0.2, 0.25) is 5.91 Å². The van der Waals surface area contributed by atoms with Crippen LogP contribution >= 0.6 is 11.6 Å². The predicted octanol–water partition coefficient (Wildman–Crippen LogP) is 3.93. The Labute approximate surface area is 166 Å². The van der Waals surface area contributed by atoms with E-state index in [-0.39, 0.29) is 5.91 Å². The number of carbonyl (C=O) groups excluding carboxylic acids is 1. The third-order valence-electron chi connectivity index (χ3n) is 5.11. The van der Waals surface area contributed by atoms with Crippen molar-refractivity contribution in [3.8, 4) is 5.75 Å². The Morgan fingerprint density at radius 1 is 1.07 bits per heavy atom. The predicted molar refractivity (Wildman–Crippen MR) is 109 cm³/mol. The number of hydrogen-bond acceptors (Lipinski definition) is 3. The number of hydrogen-bond donors (Lipinski definition) is 0. The molecule has 2 aromatic carbocycles. The van der Waals surface area contributed by atoms with Crippen LogP contribution in [0.2, 0.25) is 5.02 Å². The van der Waals surface area contributed by atoms with Gasteiger partial charge < -0.3 is 9.64 Å². The van der Waals surface area contributed by atoms with Crippen molar-refractivity contribution in [1.82, 2.24) is 9.80 Å². The summed E-state index contributed by atoms with van der Waals surface area (Å²) in [4.78, 5) is 16.8. The third kappa shape index (κ3) is 5.47. The van der Waals surface area contributed by atoms with Gasteiger partial charge in [-0.25, -0.2) is 0 Å². The first-order chi connectivity index (χ1) is 13.0. The molecule has 1 heterocycles. The number of nitrogens with zero attached hydrogens (tertiary/aromatic N) is 2. The molecule has 0 bridgehead atoms. The molecular formula is C22H27ClN2O2. The van der Waals surface area contributed by atoms with E-state index in [1.807, 2.05) is 23.1 Å². The Hall–Kier alpha value is -2.04. The quantitative estimate of drug-likeness (QED) is 0.754. The molecule has 144 valence electrons. The molecular weight excluding hydrogens is 360 g/mol. The smallest absolute Gasteiger partial charge is 0.222 e. The molecule has 0 saturated carbocycles. The molecule has 1 aliphatic rings. The lowest BCUT2D eigenvalue weighted by atomic mass is 10.1. The topological polar surface area (TPSA) is 32.8 Å². The summed E-state index contributed by atoms with van der Waals surface area (Å²) in [5, 5.41) is 0.718. The molecule has 0 N–H and O–H groups in total. The van der Waals surface area contributed by atoms with Crippen molar-refractivity contribution in [2.45, 2.75) is 26.3 Å². The molecule has 1 saturated heterocycles. The second-order valence-corrected chi connectivity index (χ2v) is 7.54. The highest BCUT2D eigenvalue weighted by molar-refractivity contribution is 6.30. The molecule has 0 radical (unpaired) electrons. The number of carbonyl (C=O) groups is 1. The number of piperazine rings is 1. The van der Waals surface area contributed by atoms with Gasteiger partial charge in [-0.1, -0.05) is 41.4 Å². The fourth-order valence-electron chi connectivity index (χ4n) is 3.43. The Balaban J connectivity index is 1.47. The average Bonchev–Trinajstić information content (AvgIpc) is 2.68. The molecule has 0 aliphatic carbocycles. The highest BCUT2D eigenvalue weighted by Crippen LogP contribution is 2.24. The molecule has 1 amide bonds. The third-order valence-corrected chi connectivity index (χ3v) is 5.34. The largest absolute Gasteiger partial charge is 0.496 e. The summed E-state index contributed by atoms with van der Waals surface area (Å²) in [5.41, 5.74) is 3.56. The van der Waals surface area contributed by atoms with Crippen molar-refractivity contribution in [2.24, 2.45) is 0 Å². The Bertz CT molecular complexity index is 768. The van der Waals surface area contributed by atoms with Crippen LogP contribution in [-0.2, 0) is 17.8 Å². The minimum Gasteiger partial charge on any atom is -0.496 e. The minimum atomic E-state index is 0.246. The number of benzene rings is 2. The molecule has 2 aromatic rings. The second kappa shape index (κ2) is 9.25. The van der Waals surface area contributed by atoms with Crippen LogP contribution < -0.4 is 4.74 Å². The zero-order valence-corrected chi connectivity index (χ0v) is 16.8. The molecule has 4 nitrogen and oxygen atoms in total. The van der Waals surface area contributed by atoms with Crippen molar-refractivity contribution >= 4 is 17.5 Å². The molecule has 0 spiro atoms. The molecule has 3 rings (SSSR count). The van der Waals surface area contributed by atoms with Crippen LogP contribution in [-0.4, -0.2) is 49.0 Å². The summed E-state index contributed by atoms with van der Waals surface area (Å²) in [7, 11) is 1.68. The summed E-state index contributed by atoms with van der Waals surface area (Å²) >= 11 is 6.12. The van der Waals surface area contributed by atoms with Gasteiger partial charge in [0.1, 0.15) is 5.75 Å². The van der Waals surface area contributed by atoms with Gasteiger partial charge in [-0.2, -0.15) is 0 Å². The van der Waals surface area contributed by atoms with E-state index in [0.29, 0.717) is 6.42 Å². The lowest BCUT2D eigenvalue weighted by Crippen LogP contribution is -2.48. The van der Waals surface area contributed by atoms with Crippen molar-refractivity contribution in [3.05, 3.63) is 64.2 Å². The summed E-state index contributed by atoms with van der Waals surface area (Å²) in [5.74, 6) is 1.10. The van der Waals surface area contributed by atoms with Crippen LogP contribution in [0.3, 0.4) is 0 Å². The summed E-state index contributed by atoms with van der Waals surface area (Å²) in [6.07, 6.45) is 1.38. The fraction of sp³-hybridized carbons (Fsp3) is 0.409. The maximum atomic E-state index is 12.5. The lowest BCUT2D eigenvalue weighted by molar-refractivity contribution is -0.133.